The SMILES string of the molecule is C=CCN(C(=O)[C@@H]1[C@H]2C(=O)N(CCCCO)C(C(=O)N(CC=C)C3CCCCC3)C23CC[C@H]1O3)c1ccc(OCC)cc1. The first kappa shape index (κ1) is 31.3. The number of ether oxygens (including phenoxy) is 2. The first-order valence-corrected chi connectivity index (χ1v) is 16.1. The molecule has 9 nitrogen and oxygen atoms in total. The molecule has 1 aliphatic carbocycles. The monoisotopic (exact) mass is 593 g/mol. The summed E-state index contributed by atoms with van der Waals surface area (Å²) >= 11 is 0. The predicted octanol–water partition coefficient (Wildman–Crippen LogP) is 4.10. The average molecular weight is 594 g/mol. The van der Waals surface area contributed by atoms with E-state index in [4.69, 9.17) is 9.47 Å². The van der Waals surface area contributed by atoms with Crippen LogP contribution in [0.3, 0.4) is 0 Å². The van der Waals surface area contributed by atoms with E-state index in [9.17, 15) is 19.5 Å². The summed E-state index contributed by atoms with van der Waals surface area (Å²) in [5.74, 6) is -1.21. The average Bonchev–Trinajstić information content (AvgIpc) is 3.67. The molecule has 1 aromatic carbocycles. The quantitative estimate of drug-likeness (QED) is 0.258. The number of unbranched alkanes of at least 4 members (excludes halogenated alkanes) is 1. The Labute approximate surface area is 255 Å². The summed E-state index contributed by atoms with van der Waals surface area (Å²) in [6.45, 7) is 11.3. The number of hydrogen-bond acceptors (Lipinski definition) is 6. The number of carbonyl (C=O) groups is 3. The maximum absolute atomic E-state index is 14.6. The molecular weight excluding hydrogens is 546 g/mol. The van der Waals surface area contributed by atoms with Gasteiger partial charge in [-0.1, -0.05) is 31.4 Å². The van der Waals surface area contributed by atoms with Gasteiger partial charge < -0.3 is 29.3 Å². The molecule has 5 rings (SSSR count). The normalized spacial score (nSPS) is 28.0. The number of anilines is 1. The summed E-state index contributed by atoms with van der Waals surface area (Å²) in [6.07, 6.45) is 10.4. The van der Waals surface area contributed by atoms with Crippen molar-refractivity contribution in [1.29, 1.82) is 0 Å². The van der Waals surface area contributed by atoms with Crippen LogP contribution in [-0.2, 0) is 19.1 Å². The lowest BCUT2D eigenvalue weighted by molar-refractivity contribution is -0.150. The third-order valence-corrected chi connectivity index (χ3v) is 9.79. The van der Waals surface area contributed by atoms with Crippen LogP contribution in [0.1, 0.15) is 64.7 Å². The van der Waals surface area contributed by atoms with Crippen LogP contribution in [-0.4, -0.2) is 89.3 Å². The van der Waals surface area contributed by atoms with Gasteiger partial charge in [-0.25, -0.2) is 0 Å². The molecule has 2 bridgehead atoms. The van der Waals surface area contributed by atoms with E-state index < -0.39 is 29.6 Å². The molecule has 1 aromatic rings. The first-order valence-electron chi connectivity index (χ1n) is 16.1. The van der Waals surface area contributed by atoms with Crippen molar-refractivity contribution in [2.45, 2.75) is 88.5 Å². The minimum Gasteiger partial charge on any atom is -0.494 e. The molecule has 5 atom stereocenters. The van der Waals surface area contributed by atoms with Gasteiger partial charge in [0.05, 0.1) is 24.5 Å². The van der Waals surface area contributed by atoms with Crippen molar-refractivity contribution in [3.63, 3.8) is 0 Å². The molecule has 9 heteroatoms. The van der Waals surface area contributed by atoms with Crippen LogP contribution >= 0.6 is 0 Å². The van der Waals surface area contributed by atoms with E-state index in [1.54, 1.807) is 22.0 Å². The van der Waals surface area contributed by atoms with Gasteiger partial charge in [-0.15, -0.1) is 13.2 Å². The fourth-order valence-electron chi connectivity index (χ4n) is 7.98. The topological polar surface area (TPSA) is 99.6 Å². The highest BCUT2D eigenvalue weighted by atomic mass is 16.5. The van der Waals surface area contributed by atoms with E-state index in [-0.39, 0.29) is 36.9 Å². The third-order valence-electron chi connectivity index (χ3n) is 9.79. The lowest BCUT2D eigenvalue weighted by Gasteiger charge is -2.40. The van der Waals surface area contributed by atoms with Crippen LogP contribution < -0.4 is 9.64 Å². The van der Waals surface area contributed by atoms with Crippen LogP contribution in [0.15, 0.2) is 49.6 Å². The van der Waals surface area contributed by atoms with Crippen molar-refractivity contribution in [1.82, 2.24) is 9.80 Å². The molecule has 3 amide bonds. The summed E-state index contributed by atoms with van der Waals surface area (Å²) in [7, 11) is 0. The highest BCUT2D eigenvalue weighted by Gasteiger charge is 2.75. The van der Waals surface area contributed by atoms with Crippen molar-refractivity contribution in [2.75, 3.05) is 37.7 Å². The van der Waals surface area contributed by atoms with E-state index in [2.05, 4.69) is 13.2 Å². The minimum absolute atomic E-state index is 0.0121. The molecule has 4 aliphatic rings. The number of likely N-dealkylation sites (tertiary alicyclic amines) is 1. The fraction of sp³-hybridized carbons (Fsp3) is 0.618. The standard InChI is InChI=1S/C34H47N3O6/c1-4-20-35(25-14-16-26(17-15-25)42-6-3)31(39)28-27-18-19-34(43-27)29(28)32(40)37(22-10-11-23-38)30(34)33(41)36(21-5-2)24-12-8-7-9-13-24/h4-5,14-17,24,27-30,38H,1-2,6-13,18-23H2,3H3/t27-,28+,29+,30?,34?/m1/s1. The van der Waals surface area contributed by atoms with Gasteiger partial charge in [0.25, 0.3) is 0 Å². The van der Waals surface area contributed by atoms with Crippen LogP contribution in [0.5, 0.6) is 5.75 Å². The van der Waals surface area contributed by atoms with Crippen LogP contribution in [0.2, 0.25) is 0 Å². The number of amides is 3. The Balaban J connectivity index is 1.49. The lowest BCUT2D eigenvalue weighted by atomic mass is 9.70. The van der Waals surface area contributed by atoms with Gasteiger partial charge in [0.1, 0.15) is 17.4 Å². The number of hydrogen-bond donors (Lipinski definition) is 1. The van der Waals surface area contributed by atoms with Crippen molar-refractivity contribution in [2.24, 2.45) is 11.8 Å². The Hall–Kier alpha value is -3.17. The number of carbonyl (C=O) groups excluding carboxylic acids is 3. The molecule has 1 spiro atoms. The second kappa shape index (κ2) is 13.6. The van der Waals surface area contributed by atoms with E-state index >= 15 is 0 Å². The smallest absolute Gasteiger partial charge is 0.248 e. The van der Waals surface area contributed by atoms with E-state index in [1.807, 2.05) is 36.1 Å². The summed E-state index contributed by atoms with van der Waals surface area (Å²) in [6, 6.07) is 6.65. The Kier molecular flexibility index (Phi) is 9.92. The number of aliphatic hydroxyl groups is 1. The third kappa shape index (κ3) is 5.74. The maximum Gasteiger partial charge on any atom is 0.248 e. The van der Waals surface area contributed by atoms with Crippen molar-refractivity contribution in [3.8, 4) is 5.75 Å². The van der Waals surface area contributed by atoms with Gasteiger partial charge in [-0.05, 0) is 69.7 Å². The first-order chi connectivity index (χ1) is 20.9. The fourth-order valence-corrected chi connectivity index (χ4v) is 7.98. The molecule has 234 valence electrons. The van der Waals surface area contributed by atoms with Gasteiger partial charge in [0.2, 0.25) is 17.7 Å². The minimum atomic E-state index is -1.05. The zero-order chi connectivity index (χ0) is 30.6. The number of benzene rings is 1. The Bertz CT molecular complexity index is 1180. The molecule has 1 N–H and O–H groups in total. The second-order valence-electron chi connectivity index (χ2n) is 12.3. The predicted molar refractivity (Wildman–Crippen MR) is 165 cm³/mol. The Morgan fingerprint density at radius 3 is 2.44 bits per heavy atom. The van der Waals surface area contributed by atoms with Crippen LogP contribution in [0.4, 0.5) is 5.69 Å². The molecule has 0 radical (unpaired) electrons. The van der Waals surface area contributed by atoms with Crippen LogP contribution in [0, 0.1) is 11.8 Å². The lowest BCUT2D eigenvalue weighted by Crippen LogP contribution is -2.58. The summed E-state index contributed by atoms with van der Waals surface area (Å²) in [5.41, 5.74) is -0.358. The second-order valence-corrected chi connectivity index (χ2v) is 12.3. The number of aliphatic hydroxyl groups excluding tert-OH is 1. The van der Waals surface area contributed by atoms with E-state index in [0.29, 0.717) is 56.8 Å². The molecule has 4 fully saturated rings. The van der Waals surface area contributed by atoms with Gasteiger partial charge >= 0.3 is 0 Å². The van der Waals surface area contributed by atoms with Gasteiger partial charge in [0, 0.05) is 38.0 Å². The molecule has 3 aliphatic heterocycles. The largest absolute Gasteiger partial charge is 0.494 e. The number of rotatable bonds is 14. The zero-order valence-electron chi connectivity index (χ0n) is 25.5. The molecule has 3 heterocycles. The Morgan fingerprint density at radius 2 is 1.79 bits per heavy atom. The van der Waals surface area contributed by atoms with Crippen LogP contribution in [0.25, 0.3) is 0 Å². The molecule has 0 aromatic heterocycles. The molecular formula is C34H47N3O6. The zero-order valence-corrected chi connectivity index (χ0v) is 25.5. The molecule has 1 saturated carbocycles. The van der Waals surface area contributed by atoms with Crippen molar-refractivity contribution < 1.29 is 29.0 Å². The summed E-state index contributed by atoms with van der Waals surface area (Å²) in [4.78, 5) is 48.6. The van der Waals surface area contributed by atoms with E-state index in [1.165, 1.54) is 0 Å². The Morgan fingerprint density at radius 1 is 1.07 bits per heavy atom. The molecule has 43 heavy (non-hydrogen) atoms. The van der Waals surface area contributed by atoms with E-state index in [0.717, 1.165) is 32.1 Å². The van der Waals surface area contributed by atoms with Gasteiger partial charge in [-0.2, -0.15) is 0 Å². The van der Waals surface area contributed by atoms with Crippen molar-refractivity contribution in [3.05, 3.63) is 49.6 Å². The highest BCUT2D eigenvalue weighted by Crippen LogP contribution is 2.59. The molecule has 3 saturated heterocycles. The number of fused-ring (bicyclic) bond motifs is 1. The van der Waals surface area contributed by atoms with Crippen molar-refractivity contribution >= 4 is 23.4 Å². The van der Waals surface area contributed by atoms with Gasteiger partial charge in [-0.3, -0.25) is 14.4 Å². The number of nitrogens with zero attached hydrogens (tertiary/aromatic N) is 3. The maximum atomic E-state index is 14.6. The molecule has 2 unspecified atom stereocenters. The summed E-state index contributed by atoms with van der Waals surface area (Å²) in [5, 5.41) is 9.48. The van der Waals surface area contributed by atoms with Gasteiger partial charge in [0.15, 0.2) is 0 Å². The highest BCUT2D eigenvalue weighted by molar-refractivity contribution is 6.03. The summed E-state index contributed by atoms with van der Waals surface area (Å²) < 4.78 is 12.3.